The Morgan fingerprint density at radius 2 is 2.08 bits per heavy atom. The second kappa shape index (κ2) is 8.33. The third-order valence-electron chi connectivity index (χ3n) is 4.03. The average Bonchev–Trinajstić information content (AvgIpc) is 2.66. The van der Waals surface area contributed by atoms with Gasteiger partial charge in [-0.05, 0) is 31.2 Å². The van der Waals surface area contributed by atoms with Crippen molar-refractivity contribution in [3.63, 3.8) is 0 Å². The minimum atomic E-state index is -0.270. The number of morpholine rings is 1. The fourth-order valence-electron chi connectivity index (χ4n) is 2.74. The molecule has 138 valence electrons. The Labute approximate surface area is 157 Å². The van der Waals surface area contributed by atoms with Crippen LogP contribution in [0.3, 0.4) is 0 Å². The number of carbonyl (C=O) groups is 1. The van der Waals surface area contributed by atoms with Crippen LogP contribution >= 0.6 is 11.6 Å². The molecule has 0 radical (unpaired) electrons. The van der Waals surface area contributed by atoms with Crippen LogP contribution < -0.4 is 15.0 Å². The van der Waals surface area contributed by atoms with Crippen molar-refractivity contribution in [3.05, 3.63) is 46.2 Å². The van der Waals surface area contributed by atoms with E-state index < -0.39 is 0 Å². The molecule has 8 heteroatoms. The van der Waals surface area contributed by atoms with Crippen molar-refractivity contribution in [1.82, 2.24) is 15.3 Å². The van der Waals surface area contributed by atoms with Crippen LogP contribution in [0.25, 0.3) is 0 Å². The smallest absolute Gasteiger partial charge is 0.255 e. The fraction of sp³-hybridized carbons (Fsp3) is 0.389. The van der Waals surface area contributed by atoms with Gasteiger partial charge in [-0.15, -0.1) is 0 Å². The topological polar surface area (TPSA) is 76.6 Å². The maximum Gasteiger partial charge on any atom is 0.255 e. The van der Waals surface area contributed by atoms with Gasteiger partial charge in [-0.1, -0.05) is 11.6 Å². The molecule has 2 aromatic rings. The lowest BCUT2D eigenvalue weighted by atomic mass is 10.2. The van der Waals surface area contributed by atoms with Crippen LogP contribution in [0.4, 0.5) is 5.95 Å². The highest BCUT2D eigenvalue weighted by Crippen LogP contribution is 2.22. The van der Waals surface area contributed by atoms with Crippen molar-refractivity contribution in [2.45, 2.75) is 13.5 Å². The molecule has 1 aliphatic heterocycles. The van der Waals surface area contributed by atoms with Crippen molar-refractivity contribution in [2.24, 2.45) is 0 Å². The Kier molecular flexibility index (Phi) is 5.90. The molecular formula is C18H21ClN4O3. The second-order valence-electron chi connectivity index (χ2n) is 5.93. The number of nitrogens with zero attached hydrogens (tertiary/aromatic N) is 3. The highest BCUT2D eigenvalue weighted by molar-refractivity contribution is 6.31. The predicted molar refractivity (Wildman–Crippen MR) is 99.0 cm³/mol. The van der Waals surface area contributed by atoms with Gasteiger partial charge in [0, 0.05) is 23.8 Å². The van der Waals surface area contributed by atoms with Gasteiger partial charge in [-0.25, -0.2) is 9.97 Å². The lowest BCUT2D eigenvalue weighted by Crippen LogP contribution is -2.37. The number of hydrogen-bond acceptors (Lipinski definition) is 6. The summed E-state index contributed by atoms with van der Waals surface area (Å²) < 4.78 is 10.6. The Morgan fingerprint density at radius 1 is 1.31 bits per heavy atom. The minimum Gasteiger partial charge on any atom is -0.496 e. The Hall–Kier alpha value is -2.38. The van der Waals surface area contributed by atoms with Crippen molar-refractivity contribution in [1.29, 1.82) is 0 Å². The third kappa shape index (κ3) is 4.42. The fourth-order valence-corrected chi connectivity index (χ4v) is 2.91. The molecule has 0 unspecified atom stereocenters. The van der Waals surface area contributed by atoms with Gasteiger partial charge in [-0.2, -0.15) is 0 Å². The quantitative estimate of drug-likeness (QED) is 0.862. The number of carbonyl (C=O) groups excluding carboxylic acids is 1. The van der Waals surface area contributed by atoms with E-state index in [0.717, 1.165) is 24.5 Å². The number of halogens is 1. The first kappa shape index (κ1) is 18.4. The summed E-state index contributed by atoms with van der Waals surface area (Å²) in [5.74, 6) is 0.867. The van der Waals surface area contributed by atoms with Crippen molar-refractivity contribution < 1.29 is 14.3 Å². The minimum absolute atomic E-state index is 0.270. The van der Waals surface area contributed by atoms with E-state index in [9.17, 15) is 4.79 Å². The normalized spacial score (nSPS) is 14.2. The largest absolute Gasteiger partial charge is 0.496 e. The zero-order valence-electron chi connectivity index (χ0n) is 14.8. The van der Waals surface area contributed by atoms with E-state index in [1.807, 2.05) is 13.0 Å². The number of benzene rings is 1. The Bertz CT molecular complexity index is 794. The van der Waals surface area contributed by atoms with Gasteiger partial charge in [0.15, 0.2) is 0 Å². The van der Waals surface area contributed by atoms with Crippen LogP contribution in [0.5, 0.6) is 5.75 Å². The van der Waals surface area contributed by atoms with Crippen LogP contribution in [0, 0.1) is 6.92 Å². The monoisotopic (exact) mass is 376 g/mol. The summed E-state index contributed by atoms with van der Waals surface area (Å²) in [4.78, 5) is 23.6. The molecule has 0 spiro atoms. The second-order valence-corrected chi connectivity index (χ2v) is 6.36. The predicted octanol–water partition coefficient (Wildman–Crippen LogP) is 2.21. The number of ether oxygens (including phenoxy) is 2. The summed E-state index contributed by atoms with van der Waals surface area (Å²) in [5.41, 5.74) is 1.98. The summed E-state index contributed by atoms with van der Waals surface area (Å²) in [6.07, 6.45) is 0. The number of nitrogens with one attached hydrogen (secondary N) is 1. The van der Waals surface area contributed by atoms with Crippen LogP contribution in [-0.2, 0) is 11.3 Å². The molecule has 1 aromatic heterocycles. The number of anilines is 1. The molecule has 1 amide bonds. The highest BCUT2D eigenvalue weighted by Gasteiger charge is 2.16. The number of amides is 1. The molecule has 26 heavy (non-hydrogen) atoms. The van der Waals surface area contributed by atoms with E-state index in [2.05, 4.69) is 20.2 Å². The molecule has 2 heterocycles. The van der Waals surface area contributed by atoms with E-state index in [1.165, 1.54) is 7.11 Å². The Morgan fingerprint density at radius 3 is 2.81 bits per heavy atom. The van der Waals surface area contributed by atoms with Crippen molar-refractivity contribution in [3.8, 4) is 5.75 Å². The van der Waals surface area contributed by atoms with Gasteiger partial charge < -0.3 is 19.7 Å². The van der Waals surface area contributed by atoms with E-state index in [1.54, 1.807) is 18.2 Å². The first-order valence-electron chi connectivity index (χ1n) is 8.36. The van der Waals surface area contributed by atoms with E-state index in [4.69, 9.17) is 21.1 Å². The lowest BCUT2D eigenvalue weighted by molar-refractivity contribution is 0.0947. The van der Waals surface area contributed by atoms with E-state index in [0.29, 0.717) is 35.5 Å². The molecule has 0 aliphatic carbocycles. The molecule has 0 atom stereocenters. The molecule has 3 rings (SSSR count). The van der Waals surface area contributed by atoms with Crippen LogP contribution in [0.2, 0.25) is 5.02 Å². The summed E-state index contributed by atoms with van der Waals surface area (Å²) in [7, 11) is 1.52. The zero-order chi connectivity index (χ0) is 18.5. The number of methoxy groups -OCH3 is 1. The molecule has 7 nitrogen and oxygen atoms in total. The van der Waals surface area contributed by atoms with E-state index in [-0.39, 0.29) is 12.5 Å². The summed E-state index contributed by atoms with van der Waals surface area (Å²) in [6.45, 7) is 5.05. The highest BCUT2D eigenvalue weighted by atomic mass is 35.5. The summed E-state index contributed by atoms with van der Waals surface area (Å²) in [6, 6.07) is 6.79. The molecule has 1 saturated heterocycles. The van der Waals surface area contributed by atoms with Crippen LogP contribution in [0.15, 0.2) is 24.3 Å². The van der Waals surface area contributed by atoms with Gasteiger partial charge in [0.25, 0.3) is 5.91 Å². The van der Waals surface area contributed by atoms with Crippen molar-refractivity contribution in [2.75, 3.05) is 38.3 Å². The molecule has 1 fully saturated rings. The number of hydrogen-bond donors (Lipinski definition) is 1. The number of rotatable bonds is 5. The average molecular weight is 377 g/mol. The lowest BCUT2D eigenvalue weighted by Gasteiger charge is -2.27. The van der Waals surface area contributed by atoms with Crippen LogP contribution in [-0.4, -0.2) is 49.3 Å². The SMILES string of the molecule is COc1ccc(Cl)cc1C(=O)NCc1cc(C)nc(N2CCOCC2)n1. The Balaban J connectivity index is 1.72. The molecule has 1 aromatic carbocycles. The van der Waals surface area contributed by atoms with E-state index >= 15 is 0 Å². The maximum absolute atomic E-state index is 12.5. The molecule has 1 aliphatic rings. The van der Waals surface area contributed by atoms with Gasteiger partial charge in [0.1, 0.15) is 5.75 Å². The molecule has 0 saturated carbocycles. The first-order valence-corrected chi connectivity index (χ1v) is 8.73. The maximum atomic E-state index is 12.5. The third-order valence-corrected chi connectivity index (χ3v) is 4.26. The van der Waals surface area contributed by atoms with Crippen molar-refractivity contribution >= 4 is 23.5 Å². The summed E-state index contributed by atoms with van der Waals surface area (Å²) in [5, 5.41) is 3.34. The van der Waals surface area contributed by atoms with Gasteiger partial charge in [-0.3, -0.25) is 4.79 Å². The molecule has 0 bridgehead atoms. The molecular weight excluding hydrogens is 356 g/mol. The zero-order valence-corrected chi connectivity index (χ0v) is 15.5. The first-order chi connectivity index (χ1) is 12.6. The van der Waals surface area contributed by atoms with Gasteiger partial charge >= 0.3 is 0 Å². The van der Waals surface area contributed by atoms with Crippen LogP contribution in [0.1, 0.15) is 21.7 Å². The summed E-state index contributed by atoms with van der Waals surface area (Å²) >= 11 is 5.99. The van der Waals surface area contributed by atoms with Gasteiger partial charge in [0.05, 0.1) is 38.1 Å². The van der Waals surface area contributed by atoms with Gasteiger partial charge in [0.2, 0.25) is 5.95 Å². The number of aryl methyl sites for hydroxylation is 1. The molecule has 1 N–H and O–H groups in total. The number of aromatic nitrogens is 2. The standard InChI is InChI=1S/C18H21ClN4O3/c1-12-9-14(22-18(21-12)23-5-7-26-8-6-23)11-20-17(24)15-10-13(19)3-4-16(15)25-2/h3-4,9-10H,5-8,11H2,1-2H3,(H,20,24).